The van der Waals surface area contributed by atoms with Gasteiger partial charge in [-0.2, -0.15) is 0 Å². The highest BCUT2D eigenvalue weighted by Crippen LogP contribution is 2.45. The van der Waals surface area contributed by atoms with Gasteiger partial charge >= 0.3 is 39.5 Å². The first-order valence-electron chi connectivity index (χ1n) is 39.3. The van der Waals surface area contributed by atoms with E-state index < -0.39 is 97.5 Å². The van der Waals surface area contributed by atoms with Crippen LogP contribution in [0.3, 0.4) is 0 Å². The predicted octanol–water partition coefficient (Wildman–Crippen LogP) is 22.0. The summed E-state index contributed by atoms with van der Waals surface area (Å²) < 4.78 is 68.4. The molecular weight excluding hydrogens is 1250 g/mol. The van der Waals surface area contributed by atoms with Crippen LogP contribution in [-0.2, 0) is 65.4 Å². The number of carbonyl (C=O) groups excluding carboxylic acids is 4. The fourth-order valence-corrected chi connectivity index (χ4v) is 13.1. The molecule has 0 radical (unpaired) electrons. The van der Waals surface area contributed by atoms with Gasteiger partial charge in [-0.25, -0.2) is 9.13 Å². The molecule has 4 unspecified atom stereocenters. The standard InChI is InChI=1S/C76H148O17P2/c1-9-68(7)54-46-38-29-23-19-17-15-13-11-12-14-16-18-20-24-32-42-50-58-75(80)92-71(62-86-73(78)56-48-40-31-25-21-22-28-36-44-52-66(3)4)64-90-94(82,83)88-60-70(77)61-89-95(84,85)91-65-72(63-87-74(79)57-49-41-35-34-37-45-53-67(5)6)93-76(81)59-51-43-33-27-26-30-39-47-55-69(8)10-2/h66-72,77H,9-65H2,1-8H3,(H,82,83)(H,84,85)/t68?,69?,70-,71-,72-/m1/s1. The molecule has 0 aromatic heterocycles. The SMILES string of the molecule is CCC(C)CCCCCCCCCCCCCCCCCCCCC(=O)O[C@H](COC(=O)CCCCCCCCCCCC(C)C)COP(=O)(O)OC[C@@H](O)COP(=O)(O)OC[C@@H](COC(=O)CCCCCCCCC(C)C)OC(=O)CCCCCCCCCCC(C)CC. The molecule has 0 fully saturated rings. The van der Waals surface area contributed by atoms with Crippen molar-refractivity contribution in [1.29, 1.82) is 0 Å². The quantitative estimate of drug-likeness (QED) is 0.0222. The Morgan fingerprint density at radius 3 is 0.747 bits per heavy atom. The van der Waals surface area contributed by atoms with Gasteiger partial charge in [0.25, 0.3) is 0 Å². The average Bonchev–Trinajstić information content (AvgIpc) is 1.45. The van der Waals surface area contributed by atoms with Gasteiger partial charge in [-0.15, -0.1) is 0 Å². The molecule has 0 heterocycles. The molecule has 0 rings (SSSR count). The van der Waals surface area contributed by atoms with Crippen molar-refractivity contribution in [3.8, 4) is 0 Å². The van der Waals surface area contributed by atoms with Gasteiger partial charge in [0.15, 0.2) is 12.2 Å². The molecule has 3 N–H and O–H groups in total. The van der Waals surface area contributed by atoms with Crippen molar-refractivity contribution in [2.45, 2.75) is 401 Å². The number of aliphatic hydroxyl groups is 1. The van der Waals surface area contributed by atoms with Crippen LogP contribution in [-0.4, -0.2) is 96.7 Å². The van der Waals surface area contributed by atoms with Crippen molar-refractivity contribution in [3.63, 3.8) is 0 Å². The van der Waals surface area contributed by atoms with Crippen molar-refractivity contribution in [3.05, 3.63) is 0 Å². The largest absolute Gasteiger partial charge is 0.472 e. The molecule has 0 aliphatic rings. The molecule has 0 saturated heterocycles. The normalized spacial score (nSPS) is 14.7. The Morgan fingerprint density at radius 2 is 0.505 bits per heavy atom. The van der Waals surface area contributed by atoms with Gasteiger partial charge < -0.3 is 33.8 Å². The fraction of sp³-hybridized carbons (Fsp3) is 0.947. The maximum Gasteiger partial charge on any atom is 0.472 e. The van der Waals surface area contributed by atoms with Gasteiger partial charge in [-0.05, 0) is 49.4 Å². The topological polar surface area (TPSA) is 237 Å². The summed E-state index contributed by atoms with van der Waals surface area (Å²) in [4.78, 5) is 72.7. The Kier molecular flexibility index (Phi) is 64.0. The molecule has 0 saturated carbocycles. The number of phosphoric ester groups is 2. The van der Waals surface area contributed by atoms with E-state index in [2.05, 4.69) is 55.4 Å². The summed E-state index contributed by atoms with van der Waals surface area (Å²) in [5.74, 6) is 0.938. The Labute approximate surface area is 581 Å². The first-order valence-corrected chi connectivity index (χ1v) is 42.3. The first kappa shape index (κ1) is 93.1. The molecular formula is C76H148O17P2. The Bertz CT molecular complexity index is 1870. The van der Waals surface area contributed by atoms with Crippen LogP contribution in [0.25, 0.3) is 0 Å². The minimum Gasteiger partial charge on any atom is -0.462 e. The lowest BCUT2D eigenvalue weighted by Crippen LogP contribution is -2.30. The summed E-state index contributed by atoms with van der Waals surface area (Å²) in [6.45, 7) is 14.2. The molecule has 17 nitrogen and oxygen atoms in total. The van der Waals surface area contributed by atoms with Crippen LogP contribution >= 0.6 is 15.6 Å². The van der Waals surface area contributed by atoms with E-state index in [0.717, 1.165) is 114 Å². The minimum absolute atomic E-state index is 0.104. The van der Waals surface area contributed by atoms with Crippen LogP contribution in [0.5, 0.6) is 0 Å². The third-order valence-electron chi connectivity index (χ3n) is 18.3. The fourth-order valence-electron chi connectivity index (χ4n) is 11.5. The molecule has 0 aromatic rings. The van der Waals surface area contributed by atoms with Crippen LogP contribution in [0.1, 0.15) is 383 Å². The van der Waals surface area contributed by atoms with E-state index in [-0.39, 0.29) is 25.7 Å². The lowest BCUT2D eigenvalue weighted by molar-refractivity contribution is -0.161. The first-order chi connectivity index (χ1) is 45.7. The number of hydrogen-bond donors (Lipinski definition) is 3. The second-order valence-electron chi connectivity index (χ2n) is 28.8. The average molecular weight is 1400 g/mol. The van der Waals surface area contributed by atoms with Crippen LogP contribution in [0, 0.1) is 23.7 Å². The molecule has 0 aliphatic heterocycles. The van der Waals surface area contributed by atoms with Gasteiger partial charge in [0.2, 0.25) is 0 Å². The number of ether oxygens (including phenoxy) is 4. The van der Waals surface area contributed by atoms with E-state index in [1.807, 2.05) is 0 Å². The highest BCUT2D eigenvalue weighted by atomic mass is 31.2. The smallest absolute Gasteiger partial charge is 0.462 e. The van der Waals surface area contributed by atoms with E-state index in [4.69, 9.17) is 37.0 Å². The molecule has 0 aliphatic carbocycles. The zero-order valence-corrected chi connectivity index (χ0v) is 64.1. The van der Waals surface area contributed by atoms with Crippen LogP contribution in [0.15, 0.2) is 0 Å². The van der Waals surface area contributed by atoms with Gasteiger partial charge in [0.1, 0.15) is 19.3 Å². The van der Waals surface area contributed by atoms with Gasteiger partial charge in [0.05, 0.1) is 26.4 Å². The number of unbranched alkanes of at least 4 members (excludes halogenated alkanes) is 37. The van der Waals surface area contributed by atoms with Crippen LogP contribution in [0.4, 0.5) is 0 Å². The van der Waals surface area contributed by atoms with E-state index in [0.29, 0.717) is 31.6 Å². The number of phosphoric acid groups is 2. The molecule has 7 atom stereocenters. The van der Waals surface area contributed by atoms with E-state index in [1.54, 1.807) is 0 Å². The summed E-state index contributed by atoms with van der Waals surface area (Å²) in [6.07, 6.45) is 50.2. The highest BCUT2D eigenvalue weighted by Gasteiger charge is 2.30. The number of aliphatic hydroxyl groups excluding tert-OH is 1. The lowest BCUT2D eigenvalue weighted by Gasteiger charge is -2.21. The summed E-state index contributed by atoms with van der Waals surface area (Å²) in [6, 6.07) is 0. The third kappa shape index (κ3) is 67.6. The summed E-state index contributed by atoms with van der Waals surface area (Å²) in [5, 5.41) is 10.6. The summed E-state index contributed by atoms with van der Waals surface area (Å²) in [5.41, 5.74) is 0. The van der Waals surface area contributed by atoms with Crippen LogP contribution in [0.2, 0.25) is 0 Å². The van der Waals surface area contributed by atoms with E-state index in [1.165, 1.54) is 180 Å². The minimum atomic E-state index is -4.96. The highest BCUT2D eigenvalue weighted by molar-refractivity contribution is 7.47. The number of esters is 4. The predicted molar refractivity (Wildman–Crippen MR) is 386 cm³/mol. The summed E-state index contributed by atoms with van der Waals surface area (Å²) in [7, 11) is -9.91. The van der Waals surface area contributed by atoms with Gasteiger partial charge in [-0.3, -0.25) is 37.3 Å². The molecule has 0 spiro atoms. The van der Waals surface area contributed by atoms with Crippen molar-refractivity contribution >= 4 is 39.5 Å². The van der Waals surface area contributed by atoms with Gasteiger partial charge in [-0.1, -0.05) is 331 Å². The number of carbonyl (C=O) groups is 4. The molecule has 0 amide bonds. The Morgan fingerprint density at radius 1 is 0.295 bits per heavy atom. The maximum atomic E-state index is 13.1. The molecule has 19 heteroatoms. The van der Waals surface area contributed by atoms with E-state index in [9.17, 15) is 43.2 Å². The Hall–Kier alpha value is -1.94. The monoisotopic (exact) mass is 1400 g/mol. The number of hydrogen-bond acceptors (Lipinski definition) is 15. The molecule has 95 heavy (non-hydrogen) atoms. The zero-order chi connectivity index (χ0) is 70.3. The zero-order valence-electron chi connectivity index (χ0n) is 62.3. The van der Waals surface area contributed by atoms with Crippen molar-refractivity contribution < 1.29 is 80.2 Å². The third-order valence-corrected chi connectivity index (χ3v) is 20.2. The second-order valence-corrected chi connectivity index (χ2v) is 31.7. The summed E-state index contributed by atoms with van der Waals surface area (Å²) >= 11 is 0. The number of rotatable bonds is 73. The lowest BCUT2D eigenvalue weighted by atomic mass is 9.99. The second kappa shape index (κ2) is 65.4. The Balaban J connectivity index is 5.18. The molecule has 564 valence electrons. The van der Waals surface area contributed by atoms with Gasteiger partial charge in [0, 0.05) is 25.7 Å². The maximum absolute atomic E-state index is 13.1. The van der Waals surface area contributed by atoms with E-state index >= 15 is 0 Å². The van der Waals surface area contributed by atoms with Crippen molar-refractivity contribution in [1.82, 2.24) is 0 Å². The van der Waals surface area contributed by atoms with Crippen molar-refractivity contribution in [2.75, 3.05) is 39.6 Å². The molecule has 0 aromatic carbocycles. The van der Waals surface area contributed by atoms with Crippen LogP contribution < -0.4 is 0 Å². The molecule has 0 bridgehead atoms. The van der Waals surface area contributed by atoms with Crippen molar-refractivity contribution in [2.24, 2.45) is 23.7 Å².